The van der Waals surface area contributed by atoms with Crippen LogP contribution >= 0.6 is 0 Å². The van der Waals surface area contributed by atoms with Crippen molar-refractivity contribution < 1.29 is 4.79 Å². The third-order valence-electron chi connectivity index (χ3n) is 5.16. The van der Waals surface area contributed by atoms with Crippen LogP contribution in [0.25, 0.3) is 16.6 Å². The molecule has 4 rings (SSSR count). The first-order valence-corrected chi connectivity index (χ1v) is 9.95. The third kappa shape index (κ3) is 3.92. The molecular weight excluding hydrogens is 392 g/mol. The van der Waals surface area contributed by atoms with E-state index >= 15 is 0 Å². The maximum absolute atomic E-state index is 12.9. The maximum atomic E-state index is 12.9. The van der Waals surface area contributed by atoms with Crippen LogP contribution in [0, 0.1) is 13.8 Å². The zero-order chi connectivity index (χ0) is 22.1. The van der Waals surface area contributed by atoms with Crippen LogP contribution in [0.3, 0.4) is 0 Å². The summed E-state index contributed by atoms with van der Waals surface area (Å²) in [6.07, 6.45) is 0. The number of aryl methyl sites for hydroxylation is 1. The zero-order valence-electron chi connectivity index (χ0n) is 17.9. The summed E-state index contributed by atoms with van der Waals surface area (Å²) in [4.78, 5) is 34.2. The van der Waals surface area contributed by atoms with Crippen LogP contribution in [0.4, 0.5) is 5.95 Å². The molecule has 0 aliphatic rings. The molecule has 2 heterocycles. The van der Waals surface area contributed by atoms with Crippen molar-refractivity contribution in [2.24, 2.45) is 0 Å². The Hall–Kier alpha value is -3.94. The molecule has 0 aliphatic carbocycles. The fourth-order valence-corrected chi connectivity index (χ4v) is 3.55. The molecule has 8 heteroatoms. The molecule has 2 aromatic carbocycles. The number of benzene rings is 2. The van der Waals surface area contributed by atoms with Crippen LogP contribution in [-0.4, -0.2) is 39.8 Å². The van der Waals surface area contributed by atoms with Gasteiger partial charge in [-0.15, -0.1) is 0 Å². The summed E-state index contributed by atoms with van der Waals surface area (Å²) in [6, 6.07) is 15.1. The first kappa shape index (κ1) is 20.3. The number of carbonyl (C=O) groups is 1. The van der Waals surface area contributed by atoms with Crippen LogP contribution in [0.5, 0.6) is 0 Å². The summed E-state index contributed by atoms with van der Waals surface area (Å²) >= 11 is 0. The average molecular weight is 416 g/mol. The fourth-order valence-electron chi connectivity index (χ4n) is 3.55. The molecule has 0 fully saturated rings. The van der Waals surface area contributed by atoms with E-state index in [1.54, 1.807) is 21.7 Å². The highest BCUT2D eigenvalue weighted by atomic mass is 16.1. The van der Waals surface area contributed by atoms with E-state index in [0.717, 1.165) is 16.9 Å². The van der Waals surface area contributed by atoms with Gasteiger partial charge in [-0.05, 0) is 37.6 Å². The minimum atomic E-state index is -0.199. The van der Waals surface area contributed by atoms with Crippen LogP contribution in [0.1, 0.15) is 27.3 Å². The van der Waals surface area contributed by atoms with Crippen molar-refractivity contribution in [3.8, 4) is 5.69 Å². The second-order valence-corrected chi connectivity index (χ2v) is 7.61. The van der Waals surface area contributed by atoms with E-state index in [1.165, 1.54) is 0 Å². The van der Waals surface area contributed by atoms with Gasteiger partial charge in [0.1, 0.15) is 0 Å². The number of fused-ring (bicyclic) bond motifs is 1. The van der Waals surface area contributed by atoms with Crippen molar-refractivity contribution in [1.82, 2.24) is 25.1 Å². The molecule has 4 aromatic rings. The maximum Gasteiger partial charge on any atom is 0.260 e. The Kier molecular flexibility index (Phi) is 5.29. The van der Waals surface area contributed by atoms with E-state index in [4.69, 9.17) is 0 Å². The quantitative estimate of drug-likeness (QED) is 0.522. The van der Waals surface area contributed by atoms with Gasteiger partial charge in [0.2, 0.25) is 5.95 Å². The average Bonchev–Trinajstić information content (AvgIpc) is 3.06. The molecule has 0 saturated heterocycles. The van der Waals surface area contributed by atoms with Crippen LogP contribution < -0.4 is 15.8 Å². The second kappa shape index (κ2) is 8.06. The van der Waals surface area contributed by atoms with Crippen LogP contribution in [-0.2, 0) is 6.54 Å². The summed E-state index contributed by atoms with van der Waals surface area (Å²) in [6.45, 7) is 4.12. The number of nitrogens with one attached hydrogen (secondary N) is 2. The Labute approximate surface area is 179 Å². The standard InChI is InChI=1S/C23H24N6O2/c1-14-20(22(31)24-13-16-8-6-5-7-9-16)15(2)29(27-14)17-10-11-18-19(12-17)25-23(28(3)4)26-21(18)30/h5-12H,13H2,1-4H3,(H,24,31)(H,25,26,30). The van der Waals surface area contributed by atoms with Gasteiger partial charge in [-0.25, -0.2) is 9.67 Å². The topological polar surface area (TPSA) is 95.9 Å². The number of hydrogen-bond acceptors (Lipinski definition) is 5. The van der Waals surface area contributed by atoms with Crippen LogP contribution in [0.15, 0.2) is 53.3 Å². The van der Waals surface area contributed by atoms with E-state index in [-0.39, 0.29) is 11.5 Å². The Balaban J connectivity index is 1.68. The van der Waals surface area contributed by atoms with E-state index in [9.17, 15) is 9.59 Å². The number of aromatic amines is 1. The lowest BCUT2D eigenvalue weighted by Crippen LogP contribution is -2.24. The van der Waals surface area contributed by atoms with Gasteiger partial charge in [-0.1, -0.05) is 30.3 Å². The fraction of sp³-hybridized carbons (Fsp3) is 0.217. The minimum Gasteiger partial charge on any atom is -0.348 e. The van der Waals surface area contributed by atoms with E-state index < -0.39 is 0 Å². The van der Waals surface area contributed by atoms with Crippen molar-refractivity contribution in [2.45, 2.75) is 20.4 Å². The summed E-state index contributed by atoms with van der Waals surface area (Å²) in [5.41, 5.74) is 4.03. The number of nitrogens with zero attached hydrogens (tertiary/aromatic N) is 4. The van der Waals surface area contributed by atoms with Gasteiger partial charge in [-0.2, -0.15) is 5.10 Å². The monoisotopic (exact) mass is 416 g/mol. The molecule has 1 amide bonds. The number of rotatable bonds is 5. The van der Waals surface area contributed by atoms with Crippen molar-refractivity contribution in [2.75, 3.05) is 19.0 Å². The molecule has 0 atom stereocenters. The number of H-pyrrole nitrogens is 1. The highest BCUT2D eigenvalue weighted by molar-refractivity contribution is 5.96. The number of amides is 1. The van der Waals surface area contributed by atoms with E-state index in [1.807, 2.05) is 64.3 Å². The largest absolute Gasteiger partial charge is 0.348 e. The normalized spacial score (nSPS) is 11.0. The first-order valence-electron chi connectivity index (χ1n) is 9.95. The molecule has 0 unspecified atom stereocenters. The molecule has 158 valence electrons. The number of hydrogen-bond donors (Lipinski definition) is 2. The Bertz CT molecular complexity index is 1320. The lowest BCUT2D eigenvalue weighted by Gasteiger charge is -2.12. The van der Waals surface area contributed by atoms with Gasteiger partial charge in [0, 0.05) is 20.6 Å². The van der Waals surface area contributed by atoms with Crippen molar-refractivity contribution >= 4 is 22.8 Å². The Morgan fingerprint density at radius 1 is 1.13 bits per heavy atom. The highest BCUT2D eigenvalue weighted by Gasteiger charge is 2.20. The minimum absolute atomic E-state index is 0.171. The van der Waals surface area contributed by atoms with Gasteiger partial charge >= 0.3 is 0 Å². The Morgan fingerprint density at radius 3 is 2.58 bits per heavy atom. The molecule has 31 heavy (non-hydrogen) atoms. The first-order chi connectivity index (χ1) is 14.8. The summed E-state index contributed by atoms with van der Waals surface area (Å²) in [5, 5.41) is 8.04. The lowest BCUT2D eigenvalue weighted by atomic mass is 10.1. The molecule has 8 nitrogen and oxygen atoms in total. The number of carbonyl (C=O) groups excluding carboxylic acids is 1. The van der Waals surface area contributed by atoms with Gasteiger partial charge in [-0.3, -0.25) is 14.6 Å². The Morgan fingerprint density at radius 2 is 1.87 bits per heavy atom. The van der Waals surface area contributed by atoms with Gasteiger partial charge in [0.15, 0.2) is 0 Å². The molecule has 0 aliphatic heterocycles. The van der Waals surface area contributed by atoms with Crippen LogP contribution in [0.2, 0.25) is 0 Å². The van der Waals surface area contributed by atoms with Crippen molar-refractivity contribution in [3.63, 3.8) is 0 Å². The number of anilines is 1. The molecular formula is C23H24N6O2. The molecule has 0 spiro atoms. The number of aromatic nitrogens is 4. The molecule has 2 aromatic heterocycles. The molecule has 0 bridgehead atoms. The summed E-state index contributed by atoms with van der Waals surface area (Å²) < 4.78 is 1.71. The van der Waals surface area contributed by atoms with Crippen molar-refractivity contribution in [1.29, 1.82) is 0 Å². The van der Waals surface area contributed by atoms with Crippen molar-refractivity contribution in [3.05, 3.63) is 81.4 Å². The SMILES string of the molecule is Cc1nn(-c2ccc3c(=O)[nH]c(N(C)C)nc3c2)c(C)c1C(=O)NCc1ccccc1. The predicted molar refractivity (Wildman–Crippen MR) is 121 cm³/mol. The smallest absolute Gasteiger partial charge is 0.260 e. The molecule has 2 N–H and O–H groups in total. The lowest BCUT2D eigenvalue weighted by molar-refractivity contribution is 0.0949. The molecule has 0 saturated carbocycles. The zero-order valence-corrected chi connectivity index (χ0v) is 17.9. The van der Waals surface area contributed by atoms with Gasteiger partial charge < -0.3 is 10.2 Å². The second-order valence-electron chi connectivity index (χ2n) is 7.61. The van der Waals surface area contributed by atoms with Gasteiger partial charge in [0.25, 0.3) is 11.5 Å². The van der Waals surface area contributed by atoms with E-state index in [0.29, 0.717) is 34.7 Å². The summed E-state index contributed by atoms with van der Waals surface area (Å²) in [7, 11) is 3.63. The van der Waals surface area contributed by atoms with Gasteiger partial charge in [0.05, 0.1) is 33.5 Å². The third-order valence-corrected chi connectivity index (χ3v) is 5.16. The summed E-state index contributed by atoms with van der Waals surface area (Å²) in [5.74, 6) is 0.305. The highest BCUT2D eigenvalue weighted by Crippen LogP contribution is 2.21. The molecule has 0 radical (unpaired) electrons. The predicted octanol–water partition coefficient (Wildman–Crippen LogP) is 2.72. The van der Waals surface area contributed by atoms with E-state index in [2.05, 4.69) is 20.4 Å².